The number of benzene rings is 1. The summed E-state index contributed by atoms with van der Waals surface area (Å²) in [4.78, 5) is 34.4. The number of hydrogen-bond donors (Lipinski definition) is 3. The molecule has 0 aliphatic rings. The molecule has 0 bridgehead atoms. The predicted molar refractivity (Wildman–Crippen MR) is 87.8 cm³/mol. The highest BCUT2D eigenvalue weighted by Crippen LogP contribution is 2.22. The Morgan fingerprint density at radius 2 is 1.78 bits per heavy atom. The van der Waals surface area contributed by atoms with E-state index >= 15 is 0 Å². The van der Waals surface area contributed by atoms with E-state index in [9.17, 15) is 14.4 Å². The van der Waals surface area contributed by atoms with Gasteiger partial charge in [-0.15, -0.1) is 0 Å². The molecule has 0 heterocycles. The normalized spacial score (nSPS) is 11.0. The Kier molecular flexibility index (Phi) is 6.84. The van der Waals surface area contributed by atoms with E-state index in [1.807, 2.05) is 0 Å². The van der Waals surface area contributed by atoms with Crippen LogP contribution in [-0.4, -0.2) is 36.0 Å². The molecule has 3 N–H and O–H groups in total. The molecule has 0 saturated carbocycles. The number of carboxylic acids is 1. The lowest BCUT2D eigenvalue weighted by atomic mass is 9.90. The zero-order valence-corrected chi connectivity index (χ0v) is 14.3. The predicted octanol–water partition coefficient (Wildman–Crippen LogP) is 2.34. The van der Waals surface area contributed by atoms with Crippen molar-refractivity contribution in [2.24, 2.45) is 5.41 Å². The van der Waals surface area contributed by atoms with Gasteiger partial charge in [-0.3, -0.25) is 14.4 Å². The molecule has 0 aromatic heterocycles. The van der Waals surface area contributed by atoms with Crippen LogP contribution in [0.5, 0.6) is 0 Å². The lowest BCUT2D eigenvalue weighted by Crippen LogP contribution is -2.39. The lowest BCUT2D eigenvalue weighted by molar-refractivity contribution is -0.147. The smallest absolute Gasteiger partial charge is 0.309 e. The Bertz CT molecular complexity index is 617. The zero-order chi connectivity index (χ0) is 17.6. The molecule has 0 aliphatic carbocycles. The molecule has 0 spiro atoms. The van der Waals surface area contributed by atoms with Crippen LogP contribution in [0.4, 0.5) is 0 Å². The highest BCUT2D eigenvalue weighted by molar-refractivity contribution is 6.42. The molecule has 0 unspecified atom stereocenters. The summed E-state index contributed by atoms with van der Waals surface area (Å²) >= 11 is 11.6. The second-order valence-corrected chi connectivity index (χ2v) is 6.41. The monoisotopic (exact) mass is 360 g/mol. The summed E-state index contributed by atoms with van der Waals surface area (Å²) in [5.74, 6) is -1.79. The molecule has 8 heteroatoms. The van der Waals surface area contributed by atoms with Gasteiger partial charge in [-0.25, -0.2) is 0 Å². The molecular formula is C15H18Cl2N2O4. The summed E-state index contributed by atoms with van der Waals surface area (Å²) in [6.45, 7) is 3.15. The van der Waals surface area contributed by atoms with Gasteiger partial charge in [-0.05, 0) is 38.5 Å². The van der Waals surface area contributed by atoms with Gasteiger partial charge in [0.25, 0.3) is 5.91 Å². The van der Waals surface area contributed by atoms with Crippen molar-refractivity contribution in [2.45, 2.75) is 20.3 Å². The van der Waals surface area contributed by atoms with Crippen molar-refractivity contribution in [1.29, 1.82) is 0 Å². The van der Waals surface area contributed by atoms with Crippen molar-refractivity contribution in [3.8, 4) is 0 Å². The molecule has 0 saturated heterocycles. The number of rotatable bonds is 7. The Balaban J connectivity index is 2.40. The fourth-order valence-electron chi connectivity index (χ4n) is 1.58. The van der Waals surface area contributed by atoms with Gasteiger partial charge in [0.15, 0.2) is 0 Å². The fraction of sp³-hybridized carbons (Fsp3) is 0.400. The van der Waals surface area contributed by atoms with Crippen LogP contribution in [0.25, 0.3) is 0 Å². The van der Waals surface area contributed by atoms with E-state index in [-0.39, 0.29) is 24.5 Å². The average Bonchev–Trinajstić information content (AvgIpc) is 2.47. The second kappa shape index (κ2) is 8.17. The van der Waals surface area contributed by atoms with E-state index in [1.165, 1.54) is 18.2 Å². The summed E-state index contributed by atoms with van der Waals surface area (Å²) in [6, 6.07) is 4.40. The third kappa shape index (κ3) is 6.08. The van der Waals surface area contributed by atoms with Crippen molar-refractivity contribution in [1.82, 2.24) is 10.6 Å². The lowest BCUT2D eigenvalue weighted by Gasteiger charge is -2.18. The third-order valence-corrected chi connectivity index (χ3v) is 3.98. The Labute approximate surface area is 144 Å². The first-order chi connectivity index (χ1) is 10.6. The molecule has 0 fully saturated rings. The summed E-state index contributed by atoms with van der Waals surface area (Å²) in [7, 11) is 0. The van der Waals surface area contributed by atoms with Crippen LogP contribution in [0.1, 0.15) is 30.6 Å². The average molecular weight is 361 g/mol. The van der Waals surface area contributed by atoms with Crippen LogP contribution in [0, 0.1) is 5.41 Å². The van der Waals surface area contributed by atoms with Gasteiger partial charge in [0.05, 0.1) is 22.0 Å². The largest absolute Gasteiger partial charge is 0.481 e. The first-order valence-corrected chi connectivity index (χ1v) is 7.62. The van der Waals surface area contributed by atoms with E-state index in [1.54, 1.807) is 13.8 Å². The maximum Gasteiger partial charge on any atom is 0.309 e. The Morgan fingerprint density at radius 1 is 1.13 bits per heavy atom. The standard InChI is InChI=1S/C15H18Cl2N2O4/c1-15(2,14(22)23)5-6-18-12(20)8-19-13(21)9-3-4-10(16)11(17)7-9/h3-4,7H,5-6,8H2,1-2H3,(H,18,20)(H,19,21)(H,22,23). The molecule has 0 aliphatic heterocycles. The molecule has 6 nitrogen and oxygen atoms in total. The van der Waals surface area contributed by atoms with E-state index in [0.717, 1.165) is 0 Å². The van der Waals surface area contributed by atoms with Crippen molar-refractivity contribution >= 4 is 41.0 Å². The summed E-state index contributed by atoms with van der Waals surface area (Å²) in [6.07, 6.45) is 0.287. The molecule has 1 rings (SSSR count). The number of nitrogens with one attached hydrogen (secondary N) is 2. The van der Waals surface area contributed by atoms with Gasteiger partial charge in [0.2, 0.25) is 5.91 Å². The van der Waals surface area contributed by atoms with Crippen LogP contribution in [-0.2, 0) is 9.59 Å². The summed E-state index contributed by atoms with van der Waals surface area (Å²) < 4.78 is 0. The molecule has 126 valence electrons. The molecule has 1 aromatic carbocycles. The second-order valence-electron chi connectivity index (χ2n) is 5.60. The minimum absolute atomic E-state index is 0.209. The summed E-state index contributed by atoms with van der Waals surface area (Å²) in [5, 5.41) is 14.5. The number of carbonyl (C=O) groups excluding carboxylic acids is 2. The van der Waals surface area contributed by atoms with Crippen molar-refractivity contribution in [3.05, 3.63) is 33.8 Å². The van der Waals surface area contributed by atoms with E-state index in [2.05, 4.69) is 10.6 Å². The first kappa shape index (κ1) is 19.3. The van der Waals surface area contributed by atoms with E-state index in [4.69, 9.17) is 28.3 Å². The van der Waals surface area contributed by atoms with Crippen molar-refractivity contribution in [2.75, 3.05) is 13.1 Å². The van der Waals surface area contributed by atoms with Gasteiger partial charge in [-0.2, -0.15) is 0 Å². The minimum Gasteiger partial charge on any atom is -0.481 e. The van der Waals surface area contributed by atoms with Crippen LogP contribution in [0.15, 0.2) is 18.2 Å². The van der Waals surface area contributed by atoms with Crippen LogP contribution < -0.4 is 10.6 Å². The number of carbonyl (C=O) groups is 3. The highest BCUT2D eigenvalue weighted by Gasteiger charge is 2.26. The van der Waals surface area contributed by atoms with Crippen LogP contribution >= 0.6 is 23.2 Å². The maximum atomic E-state index is 11.9. The third-order valence-electron chi connectivity index (χ3n) is 3.24. The van der Waals surface area contributed by atoms with E-state index in [0.29, 0.717) is 10.6 Å². The highest BCUT2D eigenvalue weighted by atomic mass is 35.5. The topological polar surface area (TPSA) is 95.5 Å². The number of hydrogen-bond acceptors (Lipinski definition) is 3. The maximum absolute atomic E-state index is 11.9. The van der Waals surface area contributed by atoms with Crippen LogP contribution in [0.3, 0.4) is 0 Å². The van der Waals surface area contributed by atoms with Gasteiger partial charge >= 0.3 is 5.97 Å². The molecule has 2 amide bonds. The molecule has 0 radical (unpaired) electrons. The van der Waals surface area contributed by atoms with Gasteiger partial charge in [0.1, 0.15) is 0 Å². The Morgan fingerprint density at radius 3 is 2.35 bits per heavy atom. The number of halogens is 2. The van der Waals surface area contributed by atoms with Crippen molar-refractivity contribution in [3.63, 3.8) is 0 Å². The van der Waals surface area contributed by atoms with Gasteiger partial charge < -0.3 is 15.7 Å². The van der Waals surface area contributed by atoms with Crippen molar-refractivity contribution < 1.29 is 19.5 Å². The van der Waals surface area contributed by atoms with E-state index < -0.39 is 23.2 Å². The molecule has 0 atom stereocenters. The first-order valence-electron chi connectivity index (χ1n) is 6.87. The minimum atomic E-state index is -0.931. The molecule has 1 aromatic rings. The Hall–Kier alpha value is -1.79. The van der Waals surface area contributed by atoms with Crippen LogP contribution in [0.2, 0.25) is 10.0 Å². The number of aliphatic carboxylic acids is 1. The molecular weight excluding hydrogens is 343 g/mol. The van der Waals surface area contributed by atoms with Gasteiger partial charge in [-0.1, -0.05) is 23.2 Å². The molecule has 23 heavy (non-hydrogen) atoms. The number of amides is 2. The quantitative estimate of drug-likeness (QED) is 0.695. The zero-order valence-electron chi connectivity index (χ0n) is 12.8. The number of carboxylic acid groups (broad SMARTS) is 1. The fourth-order valence-corrected chi connectivity index (χ4v) is 1.88. The van der Waals surface area contributed by atoms with Gasteiger partial charge in [0, 0.05) is 12.1 Å². The SMILES string of the molecule is CC(C)(CCNC(=O)CNC(=O)c1ccc(Cl)c(Cl)c1)C(=O)O. The summed E-state index contributed by atoms with van der Waals surface area (Å²) in [5.41, 5.74) is -0.629.